The van der Waals surface area contributed by atoms with Crippen LogP contribution >= 0.6 is 0 Å². The Kier molecular flexibility index (Phi) is 6.52. The van der Waals surface area contributed by atoms with Crippen LogP contribution in [-0.2, 0) is 4.79 Å². The minimum Gasteiger partial charge on any atom is -0.480 e. The van der Waals surface area contributed by atoms with E-state index >= 15 is 0 Å². The van der Waals surface area contributed by atoms with Crippen LogP contribution in [-0.4, -0.2) is 41.7 Å². The predicted octanol–water partition coefficient (Wildman–Crippen LogP) is 1.69. The van der Waals surface area contributed by atoms with Gasteiger partial charge < -0.3 is 10.8 Å². The Hall–Kier alpha value is -0.610. The van der Waals surface area contributed by atoms with E-state index in [1.54, 1.807) is 0 Å². The molecule has 4 heteroatoms. The Labute approximate surface area is 104 Å². The molecule has 2 atom stereocenters. The van der Waals surface area contributed by atoms with E-state index in [1.807, 2.05) is 0 Å². The molecule has 3 N–H and O–H groups in total. The molecule has 1 aliphatic heterocycles. The van der Waals surface area contributed by atoms with Gasteiger partial charge >= 0.3 is 5.97 Å². The van der Waals surface area contributed by atoms with Crippen LogP contribution in [0.4, 0.5) is 0 Å². The van der Waals surface area contributed by atoms with Gasteiger partial charge in [0.15, 0.2) is 0 Å². The number of carbonyl (C=O) groups is 1. The number of hydrogen-bond donors (Lipinski definition) is 2. The highest BCUT2D eigenvalue weighted by Gasteiger charge is 2.27. The molecule has 4 nitrogen and oxygen atoms in total. The fourth-order valence-electron chi connectivity index (χ4n) is 2.82. The molecule has 0 aromatic carbocycles. The molecule has 0 amide bonds. The van der Waals surface area contributed by atoms with Crippen molar-refractivity contribution in [2.45, 2.75) is 51.5 Å². The molecule has 0 aliphatic carbocycles. The fourth-order valence-corrected chi connectivity index (χ4v) is 2.82. The molecule has 0 radical (unpaired) electrons. The second-order valence-corrected chi connectivity index (χ2v) is 5.05. The highest BCUT2D eigenvalue weighted by Crippen LogP contribution is 2.23. The number of likely N-dealkylation sites (tertiary alicyclic amines) is 1. The Morgan fingerprint density at radius 2 is 2.24 bits per heavy atom. The Balaban J connectivity index is 2.50. The molecule has 1 saturated heterocycles. The van der Waals surface area contributed by atoms with Crippen molar-refractivity contribution in [2.24, 2.45) is 11.7 Å². The molecule has 0 saturated carbocycles. The number of hydrogen-bond acceptors (Lipinski definition) is 3. The smallest absolute Gasteiger partial charge is 0.320 e. The van der Waals surface area contributed by atoms with Crippen molar-refractivity contribution in [3.8, 4) is 0 Å². The maximum absolute atomic E-state index is 11.2. The lowest BCUT2D eigenvalue weighted by Crippen LogP contribution is -2.43. The summed E-state index contributed by atoms with van der Waals surface area (Å²) in [5.74, 6) is 0.0710. The summed E-state index contributed by atoms with van der Waals surface area (Å²) in [7, 11) is 0. The van der Waals surface area contributed by atoms with Crippen LogP contribution in [0.2, 0.25) is 0 Å². The van der Waals surface area contributed by atoms with Gasteiger partial charge in [0.05, 0.1) is 0 Å². The second-order valence-electron chi connectivity index (χ2n) is 5.05. The Morgan fingerprint density at radius 1 is 1.47 bits per heavy atom. The van der Waals surface area contributed by atoms with Gasteiger partial charge in [0.1, 0.15) is 6.04 Å². The van der Waals surface area contributed by atoms with Gasteiger partial charge in [0, 0.05) is 0 Å². The maximum atomic E-state index is 11.2. The lowest BCUT2D eigenvalue weighted by atomic mass is 9.96. The number of nitrogens with two attached hydrogens (primary N) is 1. The molecular weight excluding hydrogens is 216 g/mol. The summed E-state index contributed by atoms with van der Waals surface area (Å²) >= 11 is 0. The minimum absolute atomic E-state index is 0.375. The summed E-state index contributed by atoms with van der Waals surface area (Å²) in [5.41, 5.74) is 5.50. The lowest BCUT2D eigenvalue weighted by molar-refractivity contribution is -0.143. The monoisotopic (exact) mass is 242 g/mol. The van der Waals surface area contributed by atoms with Crippen LogP contribution in [0.5, 0.6) is 0 Å². The molecule has 17 heavy (non-hydrogen) atoms. The van der Waals surface area contributed by atoms with E-state index in [0.29, 0.717) is 13.0 Å². The summed E-state index contributed by atoms with van der Waals surface area (Å²) in [6, 6.07) is -0.375. The fraction of sp³-hybridized carbons (Fsp3) is 0.923. The number of carboxylic acids is 1. The highest BCUT2D eigenvalue weighted by atomic mass is 16.4. The van der Waals surface area contributed by atoms with Crippen molar-refractivity contribution in [1.29, 1.82) is 0 Å². The third-order valence-corrected chi connectivity index (χ3v) is 3.75. The molecule has 1 heterocycles. The molecule has 100 valence electrons. The zero-order valence-electron chi connectivity index (χ0n) is 10.9. The van der Waals surface area contributed by atoms with Gasteiger partial charge in [0.2, 0.25) is 0 Å². The molecule has 1 rings (SSSR count). The van der Waals surface area contributed by atoms with Crippen molar-refractivity contribution in [1.82, 2.24) is 4.90 Å². The van der Waals surface area contributed by atoms with E-state index in [4.69, 9.17) is 5.73 Å². The van der Waals surface area contributed by atoms with Crippen LogP contribution in [0.3, 0.4) is 0 Å². The van der Waals surface area contributed by atoms with Crippen LogP contribution in [0, 0.1) is 5.92 Å². The predicted molar refractivity (Wildman–Crippen MR) is 68.9 cm³/mol. The van der Waals surface area contributed by atoms with E-state index in [9.17, 15) is 9.90 Å². The Bertz CT molecular complexity index is 233. The SMILES string of the molecule is CCCC1CCCN(C(CCN)C(=O)O)CC1. The summed E-state index contributed by atoms with van der Waals surface area (Å²) in [5, 5.41) is 9.22. The molecule has 2 unspecified atom stereocenters. The van der Waals surface area contributed by atoms with Crippen molar-refractivity contribution in [2.75, 3.05) is 19.6 Å². The molecule has 0 spiro atoms. The standard InChI is InChI=1S/C13H26N2O2/c1-2-4-11-5-3-9-15(10-7-11)12(6-8-14)13(16)17/h11-12H,2-10,14H2,1H3,(H,16,17). The van der Waals surface area contributed by atoms with Crippen molar-refractivity contribution < 1.29 is 9.90 Å². The first-order valence-corrected chi connectivity index (χ1v) is 6.86. The molecule has 1 aliphatic rings. The van der Waals surface area contributed by atoms with Crippen molar-refractivity contribution in [3.05, 3.63) is 0 Å². The van der Waals surface area contributed by atoms with E-state index in [0.717, 1.165) is 31.8 Å². The van der Waals surface area contributed by atoms with E-state index in [1.165, 1.54) is 19.3 Å². The number of carboxylic acid groups (broad SMARTS) is 1. The summed E-state index contributed by atoms with van der Waals surface area (Å²) in [6.45, 7) is 4.50. The zero-order valence-corrected chi connectivity index (χ0v) is 10.9. The summed E-state index contributed by atoms with van der Waals surface area (Å²) in [6.07, 6.45) is 6.59. The van der Waals surface area contributed by atoms with Gasteiger partial charge in [-0.3, -0.25) is 9.69 Å². The normalized spacial score (nSPS) is 24.2. The van der Waals surface area contributed by atoms with E-state index in [-0.39, 0.29) is 6.04 Å². The second kappa shape index (κ2) is 7.67. The van der Waals surface area contributed by atoms with Crippen molar-refractivity contribution in [3.63, 3.8) is 0 Å². The van der Waals surface area contributed by atoms with Gasteiger partial charge in [-0.15, -0.1) is 0 Å². The molecule has 0 aromatic rings. The molecule has 0 aromatic heterocycles. The van der Waals surface area contributed by atoms with Gasteiger partial charge in [-0.1, -0.05) is 19.8 Å². The summed E-state index contributed by atoms with van der Waals surface area (Å²) in [4.78, 5) is 13.3. The number of nitrogens with zero attached hydrogens (tertiary/aromatic N) is 1. The maximum Gasteiger partial charge on any atom is 0.320 e. The molecular formula is C13H26N2O2. The first-order valence-electron chi connectivity index (χ1n) is 6.86. The van der Waals surface area contributed by atoms with Crippen LogP contribution in [0.15, 0.2) is 0 Å². The summed E-state index contributed by atoms with van der Waals surface area (Å²) < 4.78 is 0. The average molecular weight is 242 g/mol. The van der Waals surface area contributed by atoms with Crippen LogP contribution in [0.25, 0.3) is 0 Å². The first kappa shape index (κ1) is 14.5. The number of aliphatic carboxylic acids is 1. The van der Waals surface area contributed by atoms with Gasteiger partial charge in [0.25, 0.3) is 0 Å². The minimum atomic E-state index is -0.718. The first-order chi connectivity index (χ1) is 8.19. The third kappa shape index (κ3) is 4.64. The molecule has 1 fully saturated rings. The topological polar surface area (TPSA) is 66.6 Å². The highest BCUT2D eigenvalue weighted by molar-refractivity contribution is 5.73. The largest absolute Gasteiger partial charge is 0.480 e. The van der Waals surface area contributed by atoms with Gasteiger partial charge in [-0.25, -0.2) is 0 Å². The molecule has 0 bridgehead atoms. The zero-order chi connectivity index (χ0) is 12.7. The van der Waals surface area contributed by atoms with Crippen LogP contribution in [0.1, 0.15) is 45.4 Å². The number of rotatable bonds is 6. The average Bonchev–Trinajstić information content (AvgIpc) is 2.52. The third-order valence-electron chi connectivity index (χ3n) is 3.75. The quantitative estimate of drug-likeness (QED) is 0.744. The van der Waals surface area contributed by atoms with Crippen molar-refractivity contribution >= 4 is 5.97 Å². The lowest BCUT2D eigenvalue weighted by Gasteiger charge is -2.27. The van der Waals surface area contributed by atoms with Gasteiger partial charge in [-0.2, -0.15) is 0 Å². The van der Waals surface area contributed by atoms with Gasteiger partial charge in [-0.05, 0) is 51.2 Å². The van der Waals surface area contributed by atoms with E-state index < -0.39 is 5.97 Å². The van der Waals surface area contributed by atoms with E-state index in [2.05, 4.69) is 11.8 Å². The Morgan fingerprint density at radius 3 is 2.82 bits per heavy atom. The van der Waals surface area contributed by atoms with Crippen LogP contribution < -0.4 is 5.73 Å².